The van der Waals surface area contributed by atoms with Gasteiger partial charge in [0.15, 0.2) is 0 Å². The first-order chi connectivity index (χ1) is 41.8. The number of ether oxygens (including phenoxy) is 8. The number of rotatable bonds is 8. The molecule has 0 N–H and O–H groups in total. The largest absolute Gasteiger partial charge is 0.381 e. The van der Waals surface area contributed by atoms with E-state index in [1.807, 2.05) is 0 Å². The summed E-state index contributed by atoms with van der Waals surface area (Å²) in [5.74, 6) is 2.85. The molecule has 8 fully saturated rings. The Morgan fingerprint density at radius 1 is 0.261 bits per heavy atom. The van der Waals surface area contributed by atoms with Crippen molar-refractivity contribution in [3.63, 3.8) is 0 Å². The van der Waals surface area contributed by atoms with Crippen LogP contribution < -0.4 is 21.9 Å². The molecule has 0 spiro atoms. The Balaban J connectivity index is 0.000000309. The van der Waals surface area contributed by atoms with E-state index < -0.39 is 0 Å². The minimum atomic E-state index is 0. The Bertz CT molecular complexity index is 2160. The smallest absolute Gasteiger partial charge is 0.242 e. The molecule has 2 radical (unpaired) electrons. The molecular weight excluding hydrogens is 1140 g/mol. The first-order valence-electron chi connectivity index (χ1n) is 34.7. The van der Waals surface area contributed by atoms with E-state index in [0.717, 1.165) is 106 Å². The van der Waals surface area contributed by atoms with Gasteiger partial charge >= 0.3 is 0 Å². The van der Waals surface area contributed by atoms with Crippen molar-refractivity contribution in [1.82, 2.24) is 0 Å². The van der Waals surface area contributed by atoms with Gasteiger partial charge in [0.1, 0.15) is 0 Å². The van der Waals surface area contributed by atoms with E-state index in [4.69, 9.17) is 37.9 Å². The Labute approximate surface area is 623 Å². The van der Waals surface area contributed by atoms with Crippen LogP contribution >= 0.6 is 0 Å². The van der Waals surface area contributed by atoms with Gasteiger partial charge in [-0.1, -0.05) is 189 Å². The van der Waals surface area contributed by atoms with Crippen LogP contribution in [0.1, 0.15) is 266 Å². The molecule has 14 rings (SSSR count). The van der Waals surface area contributed by atoms with Gasteiger partial charge in [-0.15, -0.1) is 0 Å². The maximum absolute atomic E-state index is 4.94. The average Bonchev–Trinajstić information content (AvgIpc) is 1.12. The van der Waals surface area contributed by atoms with Crippen molar-refractivity contribution in [1.29, 1.82) is 0 Å². The first-order valence-corrected chi connectivity index (χ1v) is 34.7. The quantitative estimate of drug-likeness (QED) is 0.162. The number of hydrogen-bond donors (Lipinski definition) is 0. The summed E-state index contributed by atoms with van der Waals surface area (Å²) in [6.07, 6.45) is 20.4. The van der Waals surface area contributed by atoms with Gasteiger partial charge < -0.3 is 37.9 Å². The minimum Gasteiger partial charge on any atom is -0.381 e. The van der Waals surface area contributed by atoms with Gasteiger partial charge in [0.2, 0.25) is 13.4 Å². The molecule has 0 aliphatic carbocycles. The van der Waals surface area contributed by atoms with Gasteiger partial charge in [0.25, 0.3) is 0 Å². The normalized spacial score (nSPS) is 19.2. The molecule has 0 bridgehead atoms. The molecule has 0 saturated carbocycles. The van der Waals surface area contributed by atoms with E-state index >= 15 is 0 Å². The molecule has 8 nitrogen and oxygen atoms in total. The first kappa shape index (κ1) is 80.1. The van der Waals surface area contributed by atoms with Gasteiger partial charge in [0, 0.05) is 208 Å². The SMILES string of the molecule is C1CCOC1.C1CCOC1.C1CCOC1.C1CCOC1.C1CCOC1.C1CCOC1.C1CCOC1.C1CCOC1.CC(C)c1cc(C(C)C)c(B2/C(=C3/B(c4c(C(C)C)cc(C(C)C)cc4C(C)C)c4ccccc43)c3ccccc32)c(C(C)C)c1.[K].[K]. The maximum Gasteiger partial charge on any atom is 0.242 e. The van der Waals surface area contributed by atoms with E-state index in [9.17, 15) is 0 Å². The van der Waals surface area contributed by atoms with Crippen molar-refractivity contribution in [3.8, 4) is 0 Å². The van der Waals surface area contributed by atoms with Crippen LogP contribution in [0.3, 0.4) is 0 Å². The van der Waals surface area contributed by atoms with Gasteiger partial charge in [-0.2, -0.15) is 0 Å². The van der Waals surface area contributed by atoms with Gasteiger partial charge in [-0.3, -0.25) is 0 Å². The van der Waals surface area contributed by atoms with Crippen molar-refractivity contribution in [2.24, 2.45) is 0 Å². The average molecular weight is 1260 g/mol. The van der Waals surface area contributed by atoms with Crippen LogP contribution in [0.25, 0.3) is 10.9 Å². The molecule has 88 heavy (non-hydrogen) atoms. The predicted octanol–water partition coefficient (Wildman–Crippen LogP) is 15.3. The molecule has 0 unspecified atom stereocenters. The van der Waals surface area contributed by atoms with Crippen molar-refractivity contribution in [3.05, 3.63) is 117 Å². The molecule has 8 saturated heterocycles. The second-order valence-corrected chi connectivity index (χ2v) is 26.6. The van der Waals surface area contributed by atoms with Crippen LogP contribution in [0.2, 0.25) is 0 Å². The fourth-order valence-corrected chi connectivity index (χ4v) is 12.4. The monoisotopic (exact) mass is 1260 g/mol. The number of hydrogen-bond acceptors (Lipinski definition) is 8. The molecular formula is C76H118B2K2O8. The van der Waals surface area contributed by atoms with Crippen molar-refractivity contribution in [2.45, 2.75) is 221 Å². The Morgan fingerprint density at radius 2 is 0.443 bits per heavy atom. The zero-order valence-corrected chi connectivity index (χ0v) is 64.7. The third kappa shape index (κ3) is 26.0. The molecule has 10 aliphatic rings. The third-order valence-electron chi connectivity index (χ3n) is 17.5. The maximum atomic E-state index is 4.94. The Kier molecular flexibility index (Phi) is 41.9. The van der Waals surface area contributed by atoms with Crippen LogP contribution in [0.4, 0.5) is 0 Å². The number of benzene rings is 4. The van der Waals surface area contributed by atoms with Gasteiger partial charge in [-0.25, -0.2) is 0 Å². The summed E-state index contributed by atoms with van der Waals surface area (Å²) in [5, 5.41) is 0. The molecule has 4 aromatic rings. The topological polar surface area (TPSA) is 73.8 Å². The van der Waals surface area contributed by atoms with E-state index in [2.05, 4.69) is 156 Å². The summed E-state index contributed by atoms with van der Waals surface area (Å²) in [5.41, 5.74) is 21.2. The van der Waals surface area contributed by atoms with Crippen LogP contribution in [-0.4, -0.2) is 222 Å². The van der Waals surface area contributed by atoms with Crippen LogP contribution in [0.5, 0.6) is 0 Å². The third-order valence-corrected chi connectivity index (χ3v) is 17.5. The Hall–Kier alpha value is -0.297. The summed E-state index contributed by atoms with van der Waals surface area (Å²) >= 11 is 0. The predicted molar refractivity (Wildman–Crippen MR) is 379 cm³/mol. The van der Waals surface area contributed by atoms with Crippen molar-refractivity contribution < 1.29 is 37.9 Å². The second-order valence-electron chi connectivity index (χ2n) is 26.6. The van der Waals surface area contributed by atoms with Crippen molar-refractivity contribution in [2.75, 3.05) is 106 Å². The van der Waals surface area contributed by atoms with Crippen LogP contribution in [0.15, 0.2) is 72.8 Å². The molecule has 10 aliphatic heterocycles. The van der Waals surface area contributed by atoms with Gasteiger partial charge in [0.05, 0.1) is 0 Å². The molecule has 4 aromatic carbocycles. The molecule has 0 aromatic heterocycles. The van der Waals surface area contributed by atoms with Gasteiger partial charge in [-0.05, 0) is 183 Å². The van der Waals surface area contributed by atoms with E-state index in [-0.39, 0.29) is 116 Å². The van der Waals surface area contributed by atoms with E-state index in [0.29, 0.717) is 35.5 Å². The van der Waals surface area contributed by atoms with Crippen LogP contribution in [-0.2, 0) is 37.9 Å². The molecule has 10 heterocycles. The summed E-state index contributed by atoms with van der Waals surface area (Å²) < 4.78 is 39.6. The summed E-state index contributed by atoms with van der Waals surface area (Å²) in [6, 6.07) is 28.8. The second kappa shape index (κ2) is 46.0. The summed E-state index contributed by atoms with van der Waals surface area (Å²) in [7, 11) is 0. The molecule has 478 valence electrons. The molecule has 0 amide bonds. The summed E-state index contributed by atoms with van der Waals surface area (Å²) in [6.45, 7) is 45.1. The number of fused-ring (bicyclic) bond motifs is 2. The fraction of sp³-hybridized carbons (Fsp3) is 0.658. The standard InChI is InChI=1S/C44H54B2.8C4H8O.2K/c1-25(2)31-21-35(27(5)6)41(36(22-31)28(7)8)45-39-19-15-13-17-33(39)43(45)44-34-18-14-16-20-40(34)46(44)42-37(29(9)10)23-32(26(3)4)24-38(42)30(11)12;8*1-2-4-5-3-1;;/h13-30H,1-12H3;8*1-4H2;;/b44-43+;;;;;;;;;;. The zero-order valence-electron chi connectivity index (χ0n) is 58.4. The van der Waals surface area contributed by atoms with Crippen LogP contribution in [0, 0.1) is 0 Å². The zero-order chi connectivity index (χ0) is 61.5. The fourth-order valence-electron chi connectivity index (χ4n) is 12.4. The van der Waals surface area contributed by atoms with E-state index in [1.165, 1.54) is 158 Å². The summed E-state index contributed by atoms with van der Waals surface area (Å²) in [4.78, 5) is 0. The van der Waals surface area contributed by atoms with E-state index in [1.54, 1.807) is 21.9 Å². The van der Waals surface area contributed by atoms with Crippen molar-refractivity contribution >= 4 is 149 Å². The molecule has 12 heteroatoms. The Morgan fingerprint density at radius 3 is 0.591 bits per heavy atom. The minimum absolute atomic E-state index is 0. The molecule has 0 atom stereocenters.